The Hall–Kier alpha value is -2.20. The van der Waals surface area contributed by atoms with Crippen molar-refractivity contribution in [3.63, 3.8) is 0 Å². The van der Waals surface area contributed by atoms with Gasteiger partial charge in [0, 0.05) is 23.4 Å². The highest BCUT2D eigenvalue weighted by Gasteiger charge is 2.11. The maximum absolute atomic E-state index is 12.0. The van der Waals surface area contributed by atoms with Crippen LogP contribution in [0.25, 0.3) is 10.4 Å². The van der Waals surface area contributed by atoms with E-state index >= 15 is 0 Å². The van der Waals surface area contributed by atoms with Gasteiger partial charge in [-0.15, -0.1) is 0 Å². The summed E-state index contributed by atoms with van der Waals surface area (Å²) in [6.07, 6.45) is 0.888. The van der Waals surface area contributed by atoms with Gasteiger partial charge in [0.1, 0.15) is 0 Å². The third-order valence-electron chi connectivity index (χ3n) is 2.59. The van der Waals surface area contributed by atoms with Crippen LogP contribution in [0.15, 0.2) is 23.3 Å². The van der Waals surface area contributed by atoms with Crippen molar-refractivity contribution in [1.82, 2.24) is 0 Å². The van der Waals surface area contributed by atoms with Gasteiger partial charge in [-0.05, 0) is 44.0 Å². The molecule has 1 aromatic carbocycles. The number of carbonyl (C=O) groups excluding carboxylic acids is 1. The summed E-state index contributed by atoms with van der Waals surface area (Å²) in [6.45, 7) is 5.15. The van der Waals surface area contributed by atoms with Crippen molar-refractivity contribution < 1.29 is 14.3 Å². The van der Waals surface area contributed by atoms with Crippen LogP contribution in [0, 0.1) is 0 Å². The minimum atomic E-state index is 0.00198. The molecule has 0 saturated carbocycles. The normalized spacial score (nSPS) is 9.70. The number of benzene rings is 1. The fraction of sp³-hybridized carbons (Fsp3) is 0.500. The van der Waals surface area contributed by atoms with E-state index in [0.29, 0.717) is 49.7 Å². The summed E-state index contributed by atoms with van der Waals surface area (Å²) >= 11 is 0. The molecule has 6 nitrogen and oxygen atoms in total. The zero-order chi connectivity index (χ0) is 14.8. The van der Waals surface area contributed by atoms with Crippen molar-refractivity contribution in [3.8, 4) is 11.5 Å². The lowest BCUT2D eigenvalue weighted by molar-refractivity contribution is 0.0980. The number of carbonyl (C=O) groups is 1. The lowest BCUT2D eigenvalue weighted by atomic mass is 10.1. The molecule has 0 spiro atoms. The number of hydrogen-bond donors (Lipinski definition) is 0. The number of ether oxygens (including phenoxy) is 2. The van der Waals surface area contributed by atoms with Crippen LogP contribution in [0.4, 0.5) is 0 Å². The summed E-state index contributed by atoms with van der Waals surface area (Å²) in [4.78, 5) is 14.7. The molecule has 0 N–H and O–H groups in total. The van der Waals surface area contributed by atoms with Crippen molar-refractivity contribution in [2.45, 2.75) is 26.7 Å². The third-order valence-corrected chi connectivity index (χ3v) is 2.59. The Balaban J connectivity index is 2.76. The minimum Gasteiger partial charge on any atom is -0.490 e. The maximum Gasteiger partial charge on any atom is 0.163 e. The Morgan fingerprint density at radius 1 is 1.25 bits per heavy atom. The van der Waals surface area contributed by atoms with Crippen molar-refractivity contribution in [2.24, 2.45) is 5.11 Å². The topological polar surface area (TPSA) is 84.3 Å². The van der Waals surface area contributed by atoms with Crippen molar-refractivity contribution in [3.05, 3.63) is 34.2 Å². The van der Waals surface area contributed by atoms with E-state index in [-0.39, 0.29) is 5.78 Å². The number of azide groups is 1. The molecule has 0 aliphatic rings. The Bertz CT molecular complexity index is 496. The molecule has 0 aromatic heterocycles. The first-order valence-electron chi connectivity index (χ1n) is 6.66. The van der Waals surface area contributed by atoms with E-state index in [1.165, 1.54) is 0 Å². The predicted molar refractivity (Wildman–Crippen MR) is 76.4 cm³/mol. The smallest absolute Gasteiger partial charge is 0.163 e. The van der Waals surface area contributed by atoms with Gasteiger partial charge < -0.3 is 9.47 Å². The van der Waals surface area contributed by atoms with E-state index in [2.05, 4.69) is 10.0 Å². The van der Waals surface area contributed by atoms with E-state index in [0.717, 1.165) is 0 Å². The lowest BCUT2D eigenvalue weighted by Crippen LogP contribution is -2.03. The first-order valence-corrected chi connectivity index (χ1v) is 6.66. The van der Waals surface area contributed by atoms with Crippen LogP contribution in [0.5, 0.6) is 11.5 Å². The first kappa shape index (κ1) is 15.9. The van der Waals surface area contributed by atoms with Crippen LogP contribution in [-0.2, 0) is 0 Å². The predicted octanol–water partition coefficient (Wildman–Crippen LogP) is 3.76. The van der Waals surface area contributed by atoms with Crippen LogP contribution in [0.3, 0.4) is 0 Å². The highest BCUT2D eigenvalue weighted by molar-refractivity contribution is 5.96. The molecule has 0 atom stereocenters. The van der Waals surface area contributed by atoms with Crippen molar-refractivity contribution >= 4 is 5.78 Å². The van der Waals surface area contributed by atoms with Gasteiger partial charge >= 0.3 is 0 Å². The van der Waals surface area contributed by atoms with Gasteiger partial charge in [0.2, 0.25) is 0 Å². The minimum absolute atomic E-state index is 0.00198. The number of ketones is 1. The molecule has 108 valence electrons. The van der Waals surface area contributed by atoms with Gasteiger partial charge in [-0.3, -0.25) is 4.79 Å². The standard InChI is InChI=1S/C14H19N3O3/c1-3-19-13-8-7-11(10-14(13)20-4-2)12(18)6-5-9-16-17-15/h7-8,10H,3-6,9H2,1-2H3. The molecule has 0 heterocycles. The second kappa shape index (κ2) is 8.82. The molecule has 0 aliphatic carbocycles. The van der Waals surface area contributed by atoms with Crippen LogP contribution < -0.4 is 9.47 Å². The van der Waals surface area contributed by atoms with Gasteiger partial charge in [-0.1, -0.05) is 5.11 Å². The van der Waals surface area contributed by atoms with Gasteiger partial charge in [-0.2, -0.15) is 0 Å². The molecule has 1 aromatic rings. The summed E-state index contributed by atoms with van der Waals surface area (Å²) in [5.41, 5.74) is 8.75. The summed E-state index contributed by atoms with van der Waals surface area (Å²) in [6, 6.07) is 5.17. The zero-order valence-corrected chi connectivity index (χ0v) is 11.8. The fourth-order valence-corrected chi connectivity index (χ4v) is 1.72. The highest BCUT2D eigenvalue weighted by Crippen LogP contribution is 2.29. The SMILES string of the molecule is CCOc1ccc(C(=O)CCCN=[N+]=[N-])cc1OCC. The first-order chi connectivity index (χ1) is 9.72. The molecule has 0 bridgehead atoms. The van der Waals surface area contributed by atoms with Gasteiger partial charge in [0.15, 0.2) is 17.3 Å². The van der Waals surface area contributed by atoms with Crippen molar-refractivity contribution in [1.29, 1.82) is 0 Å². The summed E-state index contributed by atoms with van der Waals surface area (Å²) < 4.78 is 10.9. The molecule has 0 fully saturated rings. The lowest BCUT2D eigenvalue weighted by Gasteiger charge is -2.12. The molecular formula is C14H19N3O3. The zero-order valence-electron chi connectivity index (χ0n) is 11.8. The second-order valence-electron chi connectivity index (χ2n) is 4.01. The van der Waals surface area contributed by atoms with Gasteiger partial charge in [0.25, 0.3) is 0 Å². The number of nitrogens with zero attached hydrogens (tertiary/aromatic N) is 3. The van der Waals surface area contributed by atoms with E-state index < -0.39 is 0 Å². The van der Waals surface area contributed by atoms with E-state index in [9.17, 15) is 4.79 Å². The summed E-state index contributed by atoms with van der Waals surface area (Å²) in [5.74, 6) is 1.22. The highest BCUT2D eigenvalue weighted by atomic mass is 16.5. The second-order valence-corrected chi connectivity index (χ2v) is 4.01. The number of hydrogen-bond acceptors (Lipinski definition) is 4. The van der Waals surface area contributed by atoms with Gasteiger partial charge in [-0.25, -0.2) is 0 Å². The number of Topliss-reactive ketones (excluding diaryl/α,β-unsaturated/α-hetero) is 1. The van der Waals surface area contributed by atoms with E-state index in [1.54, 1.807) is 18.2 Å². The molecule has 6 heteroatoms. The quantitative estimate of drug-likeness (QED) is 0.226. The fourth-order valence-electron chi connectivity index (χ4n) is 1.72. The number of rotatable bonds is 9. The molecule has 0 unspecified atom stereocenters. The Morgan fingerprint density at radius 2 is 1.95 bits per heavy atom. The summed E-state index contributed by atoms with van der Waals surface area (Å²) in [7, 11) is 0. The average Bonchev–Trinajstić information content (AvgIpc) is 2.45. The molecule has 1 rings (SSSR count). The van der Waals surface area contributed by atoms with Gasteiger partial charge in [0.05, 0.1) is 13.2 Å². The molecule has 0 radical (unpaired) electrons. The van der Waals surface area contributed by atoms with E-state index in [4.69, 9.17) is 15.0 Å². The summed E-state index contributed by atoms with van der Waals surface area (Å²) in [5, 5.41) is 3.41. The molecule has 20 heavy (non-hydrogen) atoms. The molecule has 0 amide bonds. The molecule has 0 saturated heterocycles. The van der Waals surface area contributed by atoms with Crippen LogP contribution >= 0.6 is 0 Å². The largest absolute Gasteiger partial charge is 0.490 e. The van der Waals surface area contributed by atoms with Crippen LogP contribution in [-0.4, -0.2) is 25.5 Å². The van der Waals surface area contributed by atoms with Crippen molar-refractivity contribution in [2.75, 3.05) is 19.8 Å². The van der Waals surface area contributed by atoms with Crippen LogP contribution in [0.1, 0.15) is 37.0 Å². The third kappa shape index (κ3) is 4.82. The Labute approximate surface area is 118 Å². The van der Waals surface area contributed by atoms with E-state index in [1.807, 2.05) is 13.8 Å². The Kier molecular flexibility index (Phi) is 7.00. The Morgan fingerprint density at radius 3 is 2.60 bits per heavy atom. The average molecular weight is 277 g/mol. The molecule has 0 aliphatic heterocycles. The maximum atomic E-state index is 12.0. The van der Waals surface area contributed by atoms with Crippen LogP contribution in [0.2, 0.25) is 0 Å². The molecular weight excluding hydrogens is 258 g/mol. The monoisotopic (exact) mass is 277 g/mol.